The molecule has 4 rings (SSSR count). The first kappa shape index (κ1) is 20.3. The number of thioether (sulfide) groups is 1. The van der Waals surface area contributed by atoms with Gasteiger partial charge in [0.25, 0.3) is 5.56 Å². The van der Waals surface area contributed by atoms with Crippen molar-refractivity contribution < 1.29 is 0 Å². The summed E-state index contributed by atoms with van der Waals surface area (Å²) in [7, 11) is 3.13. The van der Waals surface area contributed by atoms with E-state index < -0.39 is 0 Å². The van der Waals surface area contributed by atoms with Crippen LogP contribution in [0.25, 0.3) is 16.9 Å². The fraction of sp³-hybridized carbons (Fsp3) is 0.136. The quantitative estimate of drug-likeness (QED) is 0.443. The van der Waals surface area contributed by atoms with Crippen LogP contribution in [0.3, 0.4) is 0 Å². The van der Waals surface area contributed by atoms with E-state index in [1.807, 2.05) is 65.4 Å². The molecular formula is C22H19ClN4O2S. The van der Waals surface area contributed by atoms with Gasteiger partial charge in [0.1, 0.15) is 0 Å². The number of hydrogen-bond donors (Lipinski definition) is 0. The van der Waals surface area contributed by atoms with Gasteiger partial charge in [0.15, 0.2) is 5.16 Å². The third-order valence-electron chi connectivity index (χ3n) is 4.87. The van der Waals surface area contributed by atoms with Crippen LogP contribution in [-0.2, 0) is 19.8 Å². The first-order valence-electron chi connectivity index (χ1n) is 9.24. The van der Waals surface area contributed by atoms with Gasteiger partial charge in [-0.2, -0.15) is 0 Å². The molecule has 2 heterocycles. The maximum Gasteiger partial charge on any atom is 0.330 e. The third kappa shape index (κ3) is 3.74. The standard InChI is InChI=1S/C22H19ClN4O2S/c1-25-16(12-20(28)26(2)22(25)29)14-30-21-24-13-19(15-8-4-3-5-9-15)27(21)18-11-7-6-10-17(18)23/h3-13H,14H2,1-2H3. The molecule has 0 N–H and O–H groups in total. The number of aromatic nitrogens is 4. The topological polar surface area (TPSA) is 61.8 Å². The van der Waals surface area contributed by atoms with Gasteiger partial charge in [0, 0.05) is 37.2 Å². The molecule has 0 aliphatic rings. The highest BCUT2D eigenvalue weighted by Crippen LogP contribution is 2.33. The fourth-order valence-electron chi connectivity index (χ4n) is 3.17. The normalized spacial score (nSPS) is 11.0. The summed E-state index contributed by atoms with van der Waals surface area (Å²) < 4.78 is 4.57. The van der Waals surface area contributed by atoms with Crippen LogP contribution in [0.5, 0.6) is 0 Å². The molecule has 0 aliphatic carbocycles. The highest BCUT2D eigenvalue weighted by Gasteiger charge is 2.17. The monoisotopic (exact) mass is 438 g/mol. The Morgan fingerprint density at radius 3 is 2.40 bits per heavy atom. The molecule has 0 bridgehead atoms. The Kier molecular flexibility index (Phi) is 5.65. The summed E-state index contributed by atoms with van der Waals surface area (Å²) in [4.78, 5) is 28.9. The Morgan fingerprint density at radius 2 is 1.67 bits per heavy atom. The minimum absolute atomic E-state index is 0.326. The molecule has 0 fully saturated rings. The third-order valence-corrected chi connectivity index (χ3v) is 6.17. The Balaban J connectivity index is 1.78. The number of benzene rings is 2. The van der Waals surface area contributed by atoms with E-state index in [4.69, 9.17) is 11.6 Å². The molecule has 2 aromatic carbocycles. The van der Waals surface area contributed by atoms with E-state index in [0.29, 0.717) is 16.5 Å². The Bertz CT molecular complexity index is 1330. The number of nitrogens with zero attached hydrogens (tertiary/aromatic N) is 4. The van der Waals surface area contributed by atoms with E-state index >= 15 is 0 Å². The molecule has 0 radical (unpaired) electrons. The van der Waals surface area contributed by atoms with E-state index in [0.717, 1.165) is 26.7 Å². The van der Waals surface area contributed by atoms with Crippen molar-refractivity contribution in [2.45, 2.75) is 10.9 Å². The van der Waals surface area contributed by atoms with Crippen LogP contribution in [0, 0.1) is 0 Å². The van der Waals surface area contributed by atoms with Gasteiger partial charge in [-0.25, -0.2) is 9.78 Å². The van der Waals surface area contributed by atoms with Crippen LogP contribution in [0.15, 0.2) is 81.6 Å². The average Bonchev–Trinajstić information content (AvgIpc) is 3.18. The van der Waals surface area contributed by atoms with Crippen LogP contribution in [0.2, 0.25) is 5.02 Å². The Hall–Kier alpha value is -3.03. The van der Waals surface area contributed by atoms with Crippen molar-refractivity contribution in [3.8, 4) is 16.9 Å². The lowest BCUT2D eigenvalue weighted by Crippen LogP contribution is -2.37. The first-order chi connectivity index (χ1) is 14.5. The second-order valence-corrected chi connectivity index (χ2v) is 8.09. The zero-order valence-corrected chi connectivity index (χ0v) is 18.0. The molecular weight excluding hydrogens is 420 g/mol. The SMILES string of the molecule is Cn1c(CSc2ncc(-c3ccccc3)n2-c2ccccc2Cl)cc(=O)n(C)c1=O. The summed E-state index contributed by atoms with van der Waals surface area (Å²) in [6.45, 7) is 0. The largest absolute Gasteiger partial charge is 0.330 e. The van der Waals surface area contributed by atoms with Gasteiger partial charge in [-0.05, 0) is 12.1 Å². The van der Waals surface area contributed by atoms with Gasteiger partial charge < -0.3 is 0 Å². The van der Waals surface area contributed by atoms with E-state index in [9.17, 15) is 9.59 Å². The van der Waals surface area contributed by atoms with Gasteiger partial charge >= 0.3 is 5.69 Å². The molecule has 4 aromatic rings. The van der Waals surface area contributed by atoms with E-state index in [2.05, 4.69) is 4.98 Å². The summed E-state index contributed by atoms with van der Waals surface area (Å²) >= 11 is 7.94. The number of rotatable bonds is 5. The number of para-hydroxylation sites is 1. The number of hydrogen-bond acceptors (Lipinski definition) is 4. The van der Waals surface area contributed by atoms with Crippen molar-refractivity contribution in [2.75, 3.05) is 0 Å². The highest BCUT2D eigenvalue weighted by molar-refractivity contribution is 7.98. The van der Waals surface area contributed by atoms with Gasteiger partial charge in [0.05, 0.1) is 22.6 Å². The molecule has 152 valence electrons. The summed E-state index contributed by atoms with van der Waals surface area (Å²) in [5.74, 6) is 0.414. The summed E-state index contributed by atoms with van der Waals surface area (Å²) in [6, 6.07) is 19.0. The average molecular weight is 439 g/mol. The molecule has 6 nitrogen and oxygen atoms in total. The van der Waals surface area contributed by atoms with Crippen LogP contribution < -0.4 is 11.2 Å². The molecule has 0 amide bonds. The van der Waals surface area contributed by atoms with Crippen molar-refractivity contribution >= 4 is 23.4 Å². The Labute approximate surface area is 182 Å². The summed E-state index contributed by atoms with van der Waals surface area (Å²) in [6.07, 6.45) is 1.81. The molecule has 2 aromatic heterocycles. The molecule has 0 saturated heterocycles. The maximum atomic E-state index is 12.2. The number of imidazole rings is 1. The minimum atomic E-state index is -0.350. The van der Waals surface area contributed by atoms with E-state index in [1.165, 1.54) is 29.4 Å². The van der Waals surface area contributed by atoms with Crippen molar-refractivity contribution in [1.29, 1.82) is 0 Å². The summed E-state index contributed by atoms with van der Waals surface area (Å²) in [5, 5.41) is 1.32. The second-order valence-electron chi connectivity index (χ2n) is 6.74. The lowest BCUT2D eigenvalue weighted by atomic mass is 10.1. The van der Waals surface area contributed by atoms with Crippen LogP contribution in [0.1, 0.15) is 5.69 Å². The van der Waals surface area contributed by atoms with Gasteiger partial charge in [-0.15, -0.1) is 0 Å². The highest BCUT2D eigenvalue weighted by atomic mass is 35.5. The fourth-order valence-corrected chi connectivity index (χ4v) is 4.40. The zero-order valence-electron chi connectivity index (χ0n) is 16.4. The molecule has 0 saturated carbocycles. The lowest BCUT2D eigenvalue weighted by molar-refractivity contribution is 0.665. The predicted octanol–water partition coefficient (Wildman–Crippen LogP) is 3.88. The molecule has 0 unspecified atom stereocenters. The molecule has 0 aliphatic heterocycles. The summed E-state index contributed by atoms with van der Waals surface area (Å²) in [5.41, 5.74) is 2.69. The molecule has 0 atom stereocenters. The molecule has 30 heavy (non-hydrogen) atoms. The maximum absolute atomic E-state index is 12.2. The smallest absolute Gasteiger partial charge is 0.300 e. The zero-order chi connectivity index (χ0) is 21.3. The van der Waals surface area contributed by atoms with E-state index in [-0.39, 0.29) is 11.2 Å². The lowest BCUT2D eigenvalue weighted by Gasteiger charge is -2.14. The van der Waals surface area contributed by atoms with Crippen LogP contribution in [-0.4, -0.2) is 18.7 Å². The van der Waals surface area contributed by atoms with Crippen molar-refractivity contribution in [3.05, 3.63) is 98.4 Å². The number of halogens is 1. The van der Waals surface area contributed by atoms with Gasteiger partial charge in [-0.3, -0.25) is 18.5 Å². The van der Waals surface area contributed by atoms with Gasteiger partial charge in [-0.1, -0.05) is 65.8 Å². The van der Waals surface area contributed by atoms with Gasteiger partial charge in [0.2, 0.25) is 0 Å². The first-order valence-corrected chi connectivity index (χ1v) is 10.6. The van der Waals surface area contributed by atoms with Crippen LogP contribution >= 0.6 is 23.4 Å². The second kappa shape index (κ2) is 8.38. The molecule has 0 spiro atoms. The predicted molar refractivity (Wildman–Crippen MR) is 120 cm³/mol. The minimum Gasteiger partial charge on any atom is -0.300 e. The van der Waals surface area contributed by atoms with Crippen molar-refractivity contribution in [2.24, 2.45) is 14.1 Å². The molecule has 8 heteroatoms. The van der Waals surface area contributed by atoms with Crippen LogP contribution in [0.4, 0.5) is 0 Å². The van der Waals surface area contributed by atoms with Crippen molar-refractivity contribution in [1.82, 2.24) is 18.7 Å². The van der Waals surface area contributed by atoms with E-state index in [1.54, 1.807) is 7.05 Å². The van der Waals surface area contributed by atoms with Crippen molar-refractivity contribution in [3.63, 3.8) is 0 Å². The Morgan fingerprint density at radius 1 is 0.967 bits per heavy atom.